The summed E-state index contributed by atoms with van der Waals surface area (Å²) in [6.07, 6.45) is 1.56. The second-order valence-corrected chi connectivity index (χ2v) is 5.40. The van der Waals surface area contributed by atoms with Crippen LogP contribution in [-0.2, 0) is 9.53 Å². The molecule has 0 spiro atoms. The normalized spacial score (nSPS) is 16.1. The maximum absolute atomic E-state index is 11.8. The fraction of sp³-hybridized carbons (Fsp3) is 0.533. The molecule has 1 saturated heterocycles. The van der Waals surface area contributed by atoms with Gasteiger partial charge in [0.25, 0.3) is 0 Å². The number of quaternary nitrogens is 1. The van der Waals surface area contributed by atoms with Crippen molar-refractivity contribution in [3.05, 3.63) is 24.2 Å². The van der Waals surface area contributed by atoms with Gasteiger partial charge >= 0.3 is 5.91 Å². The molecule has 2 heterocycles. The Labute approximate surface area is 134 Å². The Bertz CT molecular complexity index is 536. The van der Waals surface area contributed by atoms with Crippen molar-refractivity contribution in [2.24, 2.45) is 5.10 Å². The Morgan fingerprint density at radius 1 is 1.35 bits per heavy atom. The Hall–Kier alpha value is -2.19. The number of carbonyl (C=O) groups is 2. The maximum atomic E-state index is 11.8. The summed E-state index contributed by atoms with van der Waals surface area (Å²) in [7, 11) is 0. The highest BCUT2D eigenvalue weighted by atomic mass is 16.5. The zero-order chi connectivity index (χ0) is 16.5. The van der Waals surface area contributed by atoms with Gasteiger partial charge in [-0.1, -0.05) is 0 Å². The van der Waals surface area contributed by atoms with Crippen LogP contribution in [0.1, 0.15) is 23.9 Å². The lowest BCUT2D eigenvalue weighted by Crippen LogP contribution is -3.14. The van der Waals surface area contributed by atoms with E-state index in [1.54, 1.807) is 19.1 Å². The molecule has 8 heteroatoms. The molecule has 0 aliphatic carbocycles. The minimum absolute atomic E-state index is 0.105. The third kappa shape index (κ3) is 6.21. The summed E-state index contributed by atoms with van der Waals surface area (Å²) in [6.45, 7) is 6.73. The molecule has 1 aromatic rings. The highest BCUT2D eigenvalue weighted by Crippen LogP contribution is 1.99. The smallest absolute Gasteiger partial charge is 0.307 e. The molecule has 2 amide bonds. The first kappa shape index (κ1) is 17.2. The van der Waals surface area contributed by atoms with E-state index in [0.29, 0.717) is 12.3 Å². The number of furan rings is 1. The van der Waals surface area contributed by atoms with Crippen LogP contribution >= 0.6 is 0 Å². The standard InChI is InChI=1S/C15H22N4O4/c1-12(17-18-15(21)13-3-2-8-23-13)11-14(20)16-4-5-19-6-9-22-10-7-19/h2-3,8H,4-7,9-11H2,1H3,(H,16,20)(H,18,21)/p+1/b17-12-. The molecular weight excluding hydrogens is 300 g/mol. The topological polar surface area (TPSA) is 97.4 Å². The molecule has 3 N–H and O–H groups in total. The molecule has 2 rings (SSSR count). The van der Waals surface area contributed by atoms with Crippen molar-refractivity contribution in [1.82, 2.24) is 10.7 Å². The largest absolute Gasteiger partial charge is 0.459 e. The lowest BCUT2D eigenvalue weighted by molar-refractivity contribution is -0.906. The Kier molecular flexibility index (Phi) is 6.76. The van der Waals surface area contributed by atoms with Crippen molar-refractivity contribution in [1.29, 1.82) is 0 Å². The average molecular weight is 323 g/mol. The molecule has 0 unspecified atom stereocenters. The van der Waals surface area contributed by atoms with Crippen LogP contribution in [0.5, 0.6) is 0 Å². The maximum Gasteiger partial charge on any atom is 0.307 e. The molecular formula is C15H23N4O4+. The van der Waals surface area contributed by atoms with Crippen molar-refractivity contribution in [3.63, 3.8) is 0 Å². The molecule has 1 aliphatic rings. The number of amides is 2. The van der Waals surface area contributed by atoms with Gasteiger partial charge in [-0.2, -0.15) is 5.10 Å². The third-order valence-electron chi connectivity index (χ3n) is 3.51. The monoisotopic (exact) mass is 323 g/mol. The number of morpholine rings is 1. The number of nitrogens with zero attached hydrogens (tertiary/aromatic N) is 1. The van der Waals surface area contributed by atoms with Gasteiger partial charge < -0.3 is 19.4 Å². The molecule has 1 aromatic heterocycles. The SMILES string of the molecule is C/C(CC(=O)NCC[NH+]1CCOCC1)=N/NC(=O)c1ccco1. The lowest BCUT2D eigenvalue weighted by Gasteiger charge is -2.23. The molecule has 0 atom stereocenters. The highest BCUT2D eigenvalue weighted by Gasteiger charge is 2.13. The van der Waals surface area contributed by atoms with Gasteiger partial charge in [0.1, 0.15) is 13.1 Å². The minimum Gasteiger partial charge on any atom is -0.459 e. The van der Waals surface area contributed by atoms with Gasteiger partial charge in [-0.05, 0) is 19.1 Å². The molecule has 1 aliphatic heterocycles. The summed E-state index contributed by atoms with van der Waals surface area (Å²) in [5, 5.41) is 6.76. The van der Waals surface area contributed by atoms with Gasteiger partial charge in [0.05, 0.1) is 39.0 Å². The minimum atomic E-state index is -0.439. The molecule has 1 fully saturated rings. The Balaban J connectivity index is 1.63. The first-order chi connectivity index (χ1) is 11.1. The van der Waals surface area contributed by atoms with Crippen LogP contribution in [0.25, 0.3) is 0 Å². The number of carbonyl (C=O) groups excluding carboxylic acids is 2. The van der Waals surface area contributed by atoms with E-state index >= 15 is 0 Å². The zero-order valence-electron chi connectivity index (χ0n) is 13.3. The van der Waals surface area contributed by atoms with E-state index in [9.17, 15) is 9.59 Å². The third-order valence-corrected chi connectivity index (χ3v) is 3.51. The zero-order valence-corrected chi connectivity index (χ0v) is 13.3. The van der Waals surface area contributed by atoms with E-state index in [2.05, 4.69) is 15.8 Å². The number of hydrogen-bond donors (Lipinski definition) is 3. The van der Waals surface area contributed by atoms with E-state index in [-0.39, 0.29) is 18.1 Å². The molecule has 0 saturated carbocycles. The molecule has 8 nitrogen and oxygen atoms in total. The molecule has 126 valence electrons. The van der Waals surface area contributed by atoms with E-state index < -0.39 is 5.91 Å². The van der Waals surface area contributed by atoms with Crippen LogP contribution < -0.4 is 15.6 Å². The molecule has 0 bridgehead atoms. The Morgan fingerprint density at radius 3 is 2.83 bits per heavy atom. The van der Waals surface area contributed by atoms with E-state index in [1.165, 1.54) is 11.2 Å². The van der Waals surface area contributed by atoms with Gasteiger partial charge in [0.2, 0.25) is 5.91 Å². The average Bonchev–Trinajstić information content (AvgIpc) is 3.08. The van der Waals surface area contributed by atoms with Crippen molar-refractivity contribution in [2.75, 3.05) is 39.4 Å². The first-order valence-corrected chi connectivity index (χ1v) is 7.70. The fourth-order valence-corrected chi connectivity index (χ4v) is 2.23. The summed E-state index contributed by atoms with van der Waals surface area (Å²) in [4.78, 5) is 24.9. The number of hydrazone groups is 1. The van der Waals surface area contributed by atoms with Crippen molar-refractivity contribution in [2.45, 2.75) is 13.3 Å². The summed E-state index contributed by atoms with van der Waals surface area (Å²) < 4.78 is 10.2. The lowest BCUT2D eigenvalue weighted by atomic mass is 10.3. The molecule has 0 radical (unpaired) electrons. The van der Waals surface area contributed by atoms with Crippen molar-refractivity contribution in [3.8, 4) is 0 Å². The van der Waals surface area contributed by atoms with Crippen LogP contribution in [0.15, 0.2) is 27.9 Å². The second kappa shape index (κ2) is 9.06. The quantitative estimate of drug-likeness (QED) is 0.434. The van der Waals surface area contributed by atoms with E-state index in [4.69, 9.17) is 9.15 Å². The number of hydrogen-bond acceptors (Lipinski definition) is 5. The Morgan fingerprint density at radius 2 is 2.13 bits per heavy atom. The van der Waals surface area contributed by atoms with Gasteiger partial charge in [0, 0.05) is 5.71 Å². The van der Waals surface area contributed by atoms with E-state index in [0.717, 1.165) is 32.8 Å². The summed E-state index contributed by atoms with van der Waals surface area (Å²) in [5.74, 6) is -0.365. The van der Waals surface area contributed by atoms with E-state index in [1.807, 2.05) is 0 Å². The fourth-order valence-electron chi connectivity index (χ4n) is 2.23. The highest BCUT2D eigenvalue weighted by molar-refractivity contribution is 6.00. The summed E-state index contributed by atoms with van der Waals surface area (Å²) >= 11 is 0. The van der Waals surface area contributed by atoms with Crippen LogP contribution in [-0.4, -0.2) is 56.9 Å². The first-order valence-electron chi connectivity index (χ1n) is 7.70. The summed E-state index contributed by atoms with van der Waals surface area (Å²) in [5.41, 5.74) is 2.88. The molecule has 23 heavy (non-hydrogen) atoms. The predicted octanol–water partition coefficient (Wildman–Crippen LogP) is -1.19. The number of ether oxygens (including phenoxy) is 1. The predicted molar refractivity (Wildman–Crippen MR) is 83.3 cm³/mol. The summed E-state index contributed by atoms with van der Waals surface area (Å²) in [6, 6.07) is 3.16. The van der Waals surface area contributed by atoms with Gasteiger partial charge in [-0.25, -0.2) is 5.43 Å². The number of nitrogens with one attached hydrogen (secondary N) is 3. The van der Waals surface area contributed by atoms with Gasteiger partial charge in [-0.3, -0.25) is 9.59 Å². The molecule has 0 aromatic carbocycles. The van der Waals surface area contributed by atoms with Crippen LogP contribution in [0, 0.1) is 0 Å². The van der Waals surface area contributed by atoms with Crippen molar-refractivity contribution >= 4 is 17.5 Å². The van der Waals surface area contributed by atoms with Crippen LogP contribution in [0.2, 0.25) is 0 Å². The number of rotatable bonds is 7. The van der Waals surface area contributed by atoms with Gasteiger partial charge in [-0.15, -0.1) is 0 Å². The van der Waals surface area contributed by atoms with Crippen molar-refractivity contribution < 1.29 is 23.6 Å². The van der Waals surface area contributed by atoms with Crippen LogP contribution in [0.4, 0.5) is 0 Å². The second-order valence-electron chi connectivity index (χ2n) is 5.40. The van der Waals surface area contributed by atoms with Gasteiger partial charge in [0.15, 0.2) is 5.76 Å². The van der Waals surface area contributed by atoms with Crippen LogP contribution in [0.3, 0.4) is 0 Å².